The van der Waals surface area contributed by atoms with E-state index in [1.54, 1.807) is 38.5 Å². The average Bonchev–Trinajstić information content (AvgIpc) is 2.83. The van der Waals surface area contributed by atoms with Crippen molar-refractivity contribution in [3.63, 3.8) is 0 Å². The molecule has 0 saturated carbocycles. The summed E-state index contributed by atoms with van der Waals surface area (Å²) in [6.45, 7) is 3.39. The molecule has 0 aromatic heterocycles. The molecule has 0 atom stereocenters. The lowest BCUT2D eigenvalue weighted by molar-refractivity contribution is -0.384. The van der Waals surface area contributed by atoms with Crippen LogP contribution in [-0.4, -0.2) is 56.6 Å². The fourth-order valence-electron chi connectivity index (χ4n) is 3.03. The predicted octanol–water partition coefficient (Wildman–Crippen LogP) is 3.76. The number of benzene rings is 2. The van der Waals surface area contributed by atoms with E-state index in [1.165, 1.54) is 13.0 Å². The first-order chi connectivity index (χ1) is 16.8. The van der Waals surface area contributed by atoms with E-state index in [4.69, 9.17) is 14.7 Å². The number of rotatable bonds is 13. The minimum atomic E-state index is -0.751. The van der Waals surface area contributed by atoms with Gasteiger partial charge < -0.3 is 19.7 Å². The molecular weight excluding hydrogens is 462 g/mol. The molecule has 186 valence electrons. The Bertz CT molecular complexity index is 1110. The summed E-state index contributed by atoms with van der Waals surface area (Å²) >= 11 is 0. The van der Waals surface area contributed by atoms with Gasteiger partial charge in [0.25, 0.3) is 5.69 Å². The van der Waals surface area contributed by atoms with Gasteiger partial charge in [-0.15, -0.1) is 15.2 Å². The van der Waals surface area contributed by atoms with Crippen LogP contribution < -0.4 is 15.7 Å². The SMILES string of the molecule is COCCN(CCOC)c1ccc(N=Nc2c(C#N)cc(NOO)cc2[N+](=O)[O-])c(NC(C)=O)c1. The van der Waals surface area contributed by atoms with Gasteiger partial charge in [-0.3, -0.25) is 14.9 Å². The molecule has 0 saturated heterocycles. The molecule has 2 aromatic carbocycles. The molecule has 0 unspecified atom stereocenters. The number of carbonyl (C=O) groups excluding carboxylic acids is 1. The summed E-state index contributed by atoms with van der Waals surface area (Å²) in [7, 11) is 3.18. The molecule has 14 heteroatoms. The number of nitrogens with one attached hydrogen (secondary N) is 2. The number of nitrogens with zero attached hydrogens (tertiary/aromatic N) is 5. The number of azo groups is 1. The van der Waals surface area contributed by atoms with Crippen LogP contribution in [0.15, 0.2) is 40.6 Å². The van der Waals surface area contributed by atoms with Gasteiger partial charge in [-0.25, -0.2) is 10.7 Å². The zero-order valence-electron chi connectivity index (χ0n) is 19.3. The van der Waals surface area contributed by atoms with Crippen molar-refractivity contribution in [2.75, 3.05) is 56.2 Å². The monoisotopic (exact) mass is 487 g/mol. The Kier molecular flexibility index (Phi) is 10.5. The highest BCUT2D eigenvalue weighted by molar-refractivity contribution is 5.93. The van der Waals surface area contributed by atoms with Gasteiger partial charge in [0, 0.05) is 46.0 Å². The Labute approximate surface area is 200 Å². The molecule has 1 amide bonds. The number of nitro groups is 1. The smallest absolute Gasteiger partial charge is 0.300 e. The molecule has 0 aliphatic carbocycles. The molecule has 0 aliphatic rings. The largest absolute Gasteiger partial charge is 0.383 e. The van der Waals surface area contributed by atoms with E-state index < -0.39 is 10.6 Å². The van der Waals surface area contributed by atoms with Crippen molar-refractivity contribution in [2.24, 2.45) is 10.2 Å². The number of hydrogen-bond acceptors (Lipinski definition) is 12. The highest BCUT2D eigenvalue weighted by Gasteiger charge is 2.21. The van der Waals surface area contributed by atoms with Crippen LogP contribution in [0.25, 0.3) is 0 Å². The summed E-state index contributed by atoms with van der Waals surface area (Å²) in [4.78, 5) is 28.4. The minimum absolute atomic E-state index is 0.0369. The molecule has 0 bridgehead atoms. The summed E-state index contributed by atoms with van der Waals surface area (Å²) < 4.78 is 10.3. The fraction of sp³-hybridized carbons (Fsp3) is 0.333. The van der Waals surface area contributed by atoms with Crippen LogP contribution in [-0.2, 0) is 19.3 Å². The van der Waals surface area contributed by atoms with Crippen LogP contribution in [0.5, 0.6) is 0 Å². The molecule has 0 fully saturated rings. The Morgan fingerprint density at radius 1 is 1.20 bits per heavy atom. The quantitative estimate of drug-likeness (QED) is 0.163. The molecule has 0 radical (unpaired) electrons. The summed E-state index contributed by atoms with van der Waals surface area (Å²) in [6, 6.07) is 9.03. The number of anilines is 3. The van der Waals surface area contributed by atoms with Crippen molar-refractivity contribution in [3.05, 3.63) is 46.0 Å². The summed E-state index contributed by atoms with van der Waals surface area (Å²) in [5.74, 6) is -0.359. The van der Waals surface area contributed by atoms with Crippen molar-refractivity contribution in [2.45, 2.75) is 6.92 Å². The molecule has 3 N–H and O–H groups in total. The van der Waals surface area contributed by atoms with Gasteiger partial charge in [0.2, 0.25) is 5.91 Å². The van der Waals surface area contributed by atoms with Crippen molar-refractivity contribution in [1.82, 2.24) is 0 Å². The van der Waals surface area contributed by atoms with E-state index in [0.29, 0.717) is 32.0 Å². The molecule has 14 nitrogen and oxygen atoms in total. The van der Waals surface area contributed by atoms with Gasteiger partial charge in [-0.1, -0.05) is 0 Å². The van der Waals surface area contributed by atoms with E-state index in [1.807, 2.05) is 10.4 Å². The third-order valence-electron chi connectivity index (χ3n) is 4.61. The second-order valence-corrected chi connectivity index (χ2v) is 7.01. The van der Waals surface area contributed by atoms with Gasteiger partial charge in [0.15, 0.2) is 5.69 Å². The second kappa shape index (κ2) is 13.5. The Balaban J connectivity index is 2.52. The van der Waals surface area contributed by atoms with Gasteiger partial charge in [-0.2, -0.15) is 5.26 Å². The maximum atomic E-state index is 11.8. The number of ether oxygens (including phenoxy) is 2. The third kappa shape index (κ3) is 7.69. The standard InChI is InChI=1S/C21H25N7O7/c1-14(29)23-19-12-17(27(6-8-33-2)7-9-34-3)4-5-18(19)24-25-21-15(13-22)10-16(26-35-32)11-20(21)28(30)31/h4-5,10-12,26,32H,6-9H2,1-3H3,(H,23,29). The normalized spacial score (nSPS) is 10.7. The topological polar surface area (TPSA) is 184 Å². The average molecular weight is 487 g/mol. The van der Waals surface area contributed by atoms with Crippen LogP contribution in [0.4, 0.5) is 34.1 Å². The van der Waals surface area contributed by atoms with Gasteiger partial charge in [-0.05, 0) is 24.3 Å². The highest BCUT2D eigenvalue weighted by atomic mass is 17.2. The van der Waals surface area contributed by atoms with E-state index in [0.717, 1.165) is 11.8 Å². The lowest BCUT2D eigenvalue weighted by atomic mass is 10.1. The molecule has 2 rings (SSSR count). The van der Waals surface area contributed by atoms with Crippen LogP contribution >= 0.6 is 0 Å². The number of carbonyl (C=O) groups is 1. The zero-order chi connectivity index (χ0) is 25.8. The molecular formula is C21H25N7O7. The van der Waals surface area contributed by atoms with E-state index in [-0.39, 0.29) is 28.5 Å². The van der Waals surface area contributed by atoms with E-state index in [2.05, 4.69) is 20.5 Å². The fourth-order valence-corrected chi connectivity index (χ4v) is 3.03. The number of hydrogen-bond donors (Lipinski definition) is 3. The summed E-state index contributed by atoms with van der Waals surface area (Å²) in [6.07, 6.45) is 0. The molecule has 0 aliphatic heterocycles. The Morgan fingerprint density at radius 3 is 2.43 bits per heavy atom. The van der Waals surface area contributed by atoms with Crippen molar-refractivity contribution < 1.29 is 29.4 Å². The van der Waals surface area contributed by atoms with Crippen molar-refractivity contribution in [3.8, 4) is 6.07 Å². The van der Waals surface area contributed by atoms with Crippen molar-refractivity contribution in [1.29, 1.82) is 5.26 Å². The lowest BCUT2D eigenvalue weighted by Crippen LogP contribution is -2.30. The lowest BCUT2D eigenvalue weighted by Gasteiger charge is -2.25. The highest BCUT2D eigenvalue weighted by Crippen LogP contribution is 2.37. The zero-order valence-corrected chi connectivity index (χ0v) is 19.3. The maximum Gasteiger partial charge on any atom is 0.300 e. The first-order valence-corrected chi connectivity index (χ1v) is 10.2. The van der Waals surface area contributed by atoms with Crippen molar-refractivity contribution >= 4 is 40.0 Å². The molecule has 0 spiro atoms. The predicted molar refractivity (Wildman–Crippen MR) is 126 cm³/mol. The van der Waals surface area contributed by atoms with Crippen LogP contribution in [0, 0.1) is 21.4 Å². The second-order valence-electron chi connectivity index (χ2n) is 7.01. The third-order valence-corrected chi connectivity index (χ3v) is 4.61. The summed E-state index contributed by atoms with van der Waals surface area (Å²) in [5, 5.41) is 40.2. The number of methoxy groups -OCH3 is 2. The molecule has 35 heavy (non-hydrogen) atoms. The molecule has 0 heterocycles. The maximum absolute atomic E-state index is 11.8. The first kappa shape index (κ1) is 27.1. The van der Waals surface area contributed by atoms with Gasteiger partial charge in [0.05, 0.1) is 35.1 Å². The Hall–Kier alpha value is -4.16. The van der Waals surface area contributed by atoms with Gasteiger partial charge >= 0.3 is 0 Å². The Morgan fingerprint density at radius 2 is 1.89 bits per heavy atom. The number of nitriles is 1. The van der Waals surface area contributed by atoms with Gasteiger partial charge in [0.1, 0.15) is 11.8 Å². The van der Waals surface area contributed by atoms with E-state index >= 15 is 0 Å². The van der Waals surface area contributed by atoms with Crippen LogP contribution in [0.2, 0.25) is 0 Å². The number of nitro benzene ring substituents is 1. The molecule has 2 aromatic rings. The summed E-state index contributed by atoms with van der Waals surface area (Å²) in [5.41, 5.74) is 2.21. The van der Waals surface area contributed by atoms with Crippen LogP contribution in [0.1, 0.15) is 12.5 Å². The number of amides is 1. The van der Waals surface area contributed by atoms with Crippen LogP contribution in [0.3, 0.4) is 0 Å². The first-order valence-electron chi connectivity index (χ1n) is 10.2. The van der Waals surface area contributed by atoms with E-state index in [9.17, 15) is 20.2 Å². The minimum Gasteiger partial charge on any atom is -0.383 e.